The highest BCUT2D eigenvalue weighted by Crippen LogP contribution is 2.31. The van der Waals surface area contributed by atoms with Crippen LogP contribution >= 0.6 is 27.5 Å². The molecule has 0 amide bonds. The van der Waals surface area contributed by atoms with Crippen molar-refractivity contribution in [2.75, 3.05) is 12.4 Å². The van der Waals surface area contributed by atoms with E-state index >= 15 is 0 Å². The van der Waals surface area contributed by atoms with Crippen LogP contribution in [0.4, 0.5) is 11.5 Å². The average Bonchev–Trinajstić information content (AvgIpc) is 2.34. The number of methoxy groups -OCH3 is 1. The van der Waals surface area contributed by atoms with Gasteiger partial charge in [-0.05, 0) is 36.7 Å². The molecule has 18 heavy (non-hydrogen) atoms. The lowest BCUT2D eigenvalue weighted by Gasteiger charge is -2.12. The van der Waals surface area contributed by atoms with Gasteiger partial charge in [-0.1, -0.05) is 15.9 Å². The smallest absolute Gasteiger partial charge is 0.224 e. The number of halogens is 2. The van der Waals surface area contributed by atoms with E-state index in [2.05, 4.69) is 31.2 Å². The number of benzene rings is 1. The van der Waals surface area contributed by atoms with E-state index in [-0.39, 0.29) is 5.28 Å². The van der Waals surface area contributed by atoms with Crippen LogP contribution in [0.25, 0.3) is 0 Å². The molecule has 94 valence electrons. The second kappa shape index (κ2) is 5.54. The summed E-state index contributed by atoms with van der Waals surface area (Å²) < 4.78 is 6.23. The van der Waals surface area contributed by atoms with E-state index in [4.69, 9.17) is 16.3 Å². The molecule has 1 aromatic heterocycles. The number of nitrogens with one attached hydrogen (secondary N) is 1. The molecule has 0 aliphatic heterocycles. The van der Waals surface area contributed by atoms with Crippen molar-refractivity contribution in [2.24, 2.45) is 0 Å². The van der Waals surface area contributed by atoms with Crippen LogP contribution in [0.3, 0.4) is 0 Å². The van der Waals surface area contributed by atoms with Gasteiger partial charge in [-0.2, -0.15) is 0 Å². The number of anilines is 2. The Morgan fingerprint density at radius 1 is 1.39 bits per heavy atom. The first-order chi connectivity index (χ1) is 8.60. The van der Waals surface area contributed by atoms with E-state index in [1.165, 1.54) is 0 Å². The van der Waals surface area contributed by atoms with Crippen molar-refractivity contribution in [2.45, 2.75) is 6.92 Å². The summed E-state index contributed by atoms with van der Waals surface area (Å²) in [6.07, 6.45) is 1.67. The second-order valence-corrected chi connectivity index (χ2v) is 4.89. The fraction of sp³-hybridized carbons (Fsp3) is 0.167. The summed E-state index contributed by atoms with van der Waals surface area (Å²) >= 11 is 9.20. The lowest BCUT2D eigenvalue weighted by molar-refractivity contribution is 0.416. The van der Waals surface area contributed by atoms with Gasteiger partial charge in [0.05, 0.1) is 12.8 Å². The Morgan fingerprint density at radius 3 is 2.89 bits per heavy atom. The Labute approximate surface area is 118 Å². The van der Waals surface area contributed by atoms with Gasteiger partial charge in [0.15, 0.2) is 0 Å². The molecule has 1 heterocycles. The van der Waals surface area contributed by atoms with Crippen molar-refractivity contribution in [1.29, 1.82) is 0 Å². The summed E-state index contributed by atoms with van der Waals surface area (Å²) in [5.74, 6) is 1.39. The number of hydrogen-bond acceptors (Lipinski definition) is 4. The molecule has 0 atom stereocenters. The summed E-state index contributed by atoms with van der Waals surface area (Å²) in [7, 11) is 1.62. The molecule has 0 saturated carbocycles. The molecule has 0 saturated heterocycles. The minimum atomic E-state index is 0.206. The molecule has 2 rings (SSSR count). The third-order valence-corrected chi connectivity index (χ3v) is 3.03. The zero-order valence-electron chi connectivity index (χ0n) is 9.87. The molecule has 0 radical (unpaired) electrons. The standard InChI is InChI=1S/C12H11BrClN3O/c1-7-6-15-12(14)17-11(7)16-9-5-8(13)3-4-10(9)18-2/h3-6H,1-2H3,(H,15,16,17). The van der Waals surface area contributed by atoms with Crippen molar-refractivity contribution in [1.82, 2.24) is 9.97 Å². The minimum absolute atomic E-state index is 0.206. The van der Waals surface area contributed by atoms with Crippen molar-refractivity contribution in [3.8, 4) is 5.75 Å². The highest BCUT2D eigenvalue weighted by molar-refractivity contribution is 9.10. The fourth-order valence-electron chi connectivity index (χ4n) is 1.45. The van der Waals surface area contributed by atoms with Crippen LogP contribution in [0.1, 0.15) is 5.56 Å². The van der Waals surface area contributed by atoms with E-state index in [1.54, 1.807) is 13.3 Å². The van der Waals surface area contributed by atoms with Gasteiger partial charge in [-0.3, -0.25) is 0 Å². The summed E-state index contributed by atoms with van der Waals surface area (Å²) in [4.78, 5) is 8.06. The average molecular weight is 329 g/mol. The Balaban J connectivity index is 2.38. The monoisotopic (exact) mass is 327 g/mol. The van der Waals surface area contributed by atoms with Crippen LogP contribution in [0.15, 0.2) is 28.9 Å². The van der Waals surface area contributed by atoms with E-state index < -0.39 is 0 Å². The Kier molecular flexibility index (Phi) is 4.04. The number of ether oxygens (including phenoxy) is 1. The normalized spacial score (nSPS) is 10.2. The van der Waals surface area contributed by atoms with Crippen LogP contribution in [0.5, 0.6) is 5.75 Å². The molecule has 2 aromatic rings. The zero-order valence-corrected chi connectivity index (χ0v) is 12.2. The zero-order chi connectivity index (χ0) is 13.1. The molecule has 0 spiro atoms. The maximum atomic E-state index is 5.79. The number of rotatable bonds is 3. The lowest BCUT2D eigenvalue weighted by atomic mass is 10.2. The summed E-state index contributed by atoms with van der Waals surface area (Å²) in [5.41, 5.74) is 1.71. The van der Waals surface area contributed by atoms with Crippen molar-refractivity contribution < 1.29 is 4.74 Å². The van der Waals surface area contributed by atoms with Gasteiger partial charge in [-0.25, -0.2) is 9.97 Å². The van der Waals surface area contributed by atoms with E-state index in [9.17, 15) is 0 Å². The quantitative estimate of drug-likeness (QED) is 0.867. The molecule has 0 unspecified atom stereocenters. The first-order valence-corrected chi connectivity index (χ1v) is 6.37. The number of nitrogens with zero attached hydrogens (tertiary/aromatic N) is 2. The topological polar surface area (TPSA) is 47.0 Å². The molecule has 1 aromatic carbocycles. The largest absolute Gasteiger partial charge is 0.495 e. The lowest BCUT2D eigenvalue weighted by Crippen LogP contribution is -2.00. The summed E-state index contributed by atoms with van der Waals surface area (Å²) in [5, 5.41) is 3.39. The SMILES string of the molecule is COc1ccc(Br)cc1Nc1nc(Cl)ncc1C. The molecule has 1 N–H and O–H groups in total. The third-order valence-electron chi connectivity index (χ3n) is 2.36. The van der Waals surface area contributed by atoms with Gasteiger partial charge >= 0.3 is 0 Å². The van der Waals surface area contributed by atoms with Gasteiger partial charge in [0.25, 0.3) is 0 Å². The third kappa shape index (κ3) is 2.91. The Bertz CT molecular complexity index is 577. The predicted molar refractivity (Wildman–Crippen MR) is 75.8 cm³/mol. The number of aryl methyl sites for hydroxylation is 1. The summed E-state index contributed by atoms with van der Waals surface area (Å²) in [6.45, 7) is 1.91. The van der Waals surface area contributed by atoms with Gasteiger partial charge in [0.2, 0.25) is 5.28 Å². The van der Waals surface area contributed by atoms with Gasteiger partial charge in [0, 0.05) is 16.2 Å². The van der Waals surface area contributed by atoms with Gasteiger partial charge in [0.1, 0.15) is 11.6 Å². The molecular weight excluding hydrogens is 318 g/mol. The minimum Gasteiger partial charge on any atom is -0.495 e. The maximum absolute atomic E-state index is 5.79. The molecule has 0 aliphatic carbocycles. The van der Waals surface area contributed by atoms with Crippen molar-refractivity contribution in [3.05, 3.63) is 39.7 Å². The summed E-state index contributed by atoms with van der Waals surface area (Å²) in [6, 6.07) is 5.68. The van der Waals surface area contributed by atoms with E-state index in [0.29, 0.717) is 5.82 Å². The van der Waals surface area contributed by atoms with Crippen molar-refractivity contribution in [3.63, 3.8) is 0 Å². The Morgan fingerprint density at radius 2 is 2.17 bits per heavy atom. The highest BCUT2D eigenvalue weighted by Gasteiger charge is 2.07. The molecule has 4 nitrogen and oxygen atoms in total. The van der Waals surface area contributed by atoms with Gasteiger partial charge < -0.3 is 10.1 Å². The first kappa shape index (κ1) is 13.1. The van der Waals surface area contributed by atoms with Gasteiger partial charge in [-0.15, -0.1) is 0 Å². The van der Waals surface area contributed by atoms with Crippen LogP contribution in [0, 0.1) is 6.92 Å². The van der Waals surface area contributed by atoms with Crippen LogP contribution in [-0.4, -0.2) is 17.1 Å². The fourth-order valence-corrected chi connectivity index (χ4v) is 1.95. The molecule has 6 heteroatoms. The first-order valence-electron chi connectivity index (χ1n) is 5.20. The molecule has 0 aliphatic rings. The molecule has 0 fully saturated rings. The highest BCUT2D eigenvalue weighted by atomic mass is 79.9. The van der Waals surface area contributed by atoms with E-state index in [1.807, 2.05) is 25.1 Å². The number of aromatic nitrogens is 2. The van der Waals surface area contributed by atoms with Crippen LogP contribution < -0.4 is 10.1 Å². The van der Waals surface area contributed by atoms with Crippen LogP contribution in [0.2, 0.25) is 5.28 Å². The maximum Gasteiger partial charge on any atom is 0.224 e. The number of hydrogen-bond donors (Lipinski definition) is 1. The Hall–Kier alpha value is -1.33. The van der Waals surface area contributed by atoms with E-state index in [0.717, 1.165) is 21.5 Å². The second-order valence-electron chi connectivity index (χ2n) is 3.64. The predicted octanol–water partition coefficient (Wildman–Crippen LogP) is 3.95. The molecule has 0 bridgehead atoms. The van der Waals surface area contributed by atoms with Crippen molar-refractivity contribution >= 4 is 39.0 Å². The molecular formula is C12H11BrClN3O. The van der Waals surface area contributed by atoms with Crippen LogP contribution in [-0.2, 0) is 0 Å².